The molecule has 86 valence electrons. The Balaban J connectivity index is 0.000000791. The molecular formula is C9H20O5. The van der Waals surface area contributed by atoms with Crippen LogP contribution in [0.25, 0.3) is 0 Å². The van der Waals surface area contributed by atoms with E-state index in [0.717, 1.165) is 0 Å². The third-order valence-electron chi connectivity index (χ3n) is 2.13. The summed E-state index contributed by atoms with van der Waals surface area (Å²) in [5.41, 5.74) is 0. The molecule has 1 aliphatic rings. The van der Waals surface area contributed by atoms with Gasteiger partial charge in [-0.1, -0.05) is 13.8 Å². The van der Waals surface area contributed by atoms with E-state index in [1.54, 1.807) is 6.92 Å². The first-order valence-electron chi connectivity index (χ1n) is 4.88. The van der Waals surface area contributed by atoms with Crippen molar-refractivity contribution in [2.24, 2.45) is 0 Å². The van der Waals surface area contributed by atoms with Gasteiger partial charge >= 0.3 is 0 Å². The summed E-state index contributed by atoms with van der Waals surface area (Å²) in [6.07, 6.45) is -4.94. The fourth-order valence-electron chi connectivity index (χ4n) is 1.29. The first-order chi connectivity index (χ1) is 6.57. The van der Waals surface area contributed by atoms with Crippen molar-refractivity contribution in [1.82, 2.24) is 0 Å². The van der Waals surface area contributed by atoms with E-state index in [9.17, 15) is 15.3 Å². The van der Waals surface area contributed by atoms with Crippen molar-refractivity contribution in [3.05, 3.63) is 0 Å². The standard InChI is InChI=1S/C7H14O5.C2H6/c1-3-5(9)7(11)6(10)4(2-8)12-3;1-2/h3-11H,2H2,1H3;1-2H3/t3-,4+,5-,6-,7-;/m0./s1. The molecule has 5 atom stereocenters. The maximum Gasteiger partial charge on any atom is 0.111 e. The summed E-state index contributed by atoms with van der Waals surface area (Å²) in [4.78, 5) is 0. The minimum absolute atomic E-state index is 0.366. The topological polar surface area (TPSA) is 90.2 Å². The summed E-state index contributed by atoms with van der Waals surface area (Å²) in [5, 5.41) is 36.4. The van der Waals surface area contributed by atoms with E-state index in [0.29, 0.717) is 0 Å². The molecule has 0 unspecified atom stereocenters. The van der Waals surface area contributed by atoms with E-state index in [1.807, 2.05) is 13.8 Å². The third kappa shape index (κ3) is 2.90. The van der Waals surface area contributed by atoms with Gasteiger partial charge in [0, 0.05) is 0 Å². The van der Waals surface area contributed by atoms with Gasteiger partial charge in [0.05, 0.1) is 12.7 Å². The monoisotopic (exact) mass is 208 g/mol. The van der Waals surface area contributed by atoms with Crippen LogP contribution < -0.4 is 0 Å². The average molecular weight is 208 g/mol. The van der Waals surface area contributed by atoms with Gasteiger partial charge in [0.25, 0.3) is 0 Å². The zero-order valence-corrected chi connectivity index (χ0v) is 8.79. The molecule has 1 aliphatic heterocycles. The molecule has 0 amide bonds. The molecule has 1 heterocycles. The predicted molar refractivity (Wildman–Crippen MR) is 50.8 cm³/mol. The molecule has 0 bridgehead atoms. The van der Waals surface area contributed by atoms with Crippen molar-refractivity contribution in [3.63, 3.8) is 0 Å². The third-order valence-corrected chi connectivity index (χ3v) is 2.13. The fourth-order valence-corrected chi connectivity index (χ4v) is 1.29. The van der Waals surface area contributed by atoms with Crippen LogP contribution in [0.1, 0.15) is 20.8 Å². The number of aliphatic hydroxyl groups is 4. The Labute approximate surface area is 83.9 Å². The molecule has 14 heavy (non-hydrogen) atoms. The largest absolute Gasteiger partial charge is 0.394 e. The number of hydrogen-bond donors (Lipinski definition) is 4. The molecule has 0 saturated carbocycles. The van der Waals surface area contributed by atoms with Crippen molar-refractivity contribution in [1.29, 1.82) is 0 Å². The van der Waals surface area contributed by atoms with Gasteiger partial charge in [-0.05, 0) is 6.92 Å². The first kappa shape index (κ1) is 13.8. The van der Waals surface area contributed by atoms with Gasteiger partial charge in [-0.2, -0.15) is 0 Å². The maximum atomic E-state index is 9.23. The van der Waals surface area contributed by atoms with E-state index in [-0.39, 0.29) is 6.61 Å². The molecule has 0 aliphatic carbocycles. The molecule has 4 N–H and O–H groups in total. The van der Waals surface area contributed by atoms with Crippen LogP contribution in [0.5, 0.6) is 0 Å². The van der Waals surface area contributed by atoms with Crippen molar-refractivity contribution < 1.29 is 25.2 Å². The van der Waals surface area contributed by atoms with Crippen LogP contribution in [0.15, 0.2) is 0 Å². The van der Waals surface area contributed by atoms with Gasteiger partial charge in [-0.15, -0.1) is 0 Å². The van der Waals surface area contributed by atoms with Crippen LogP contribution in [0, 0.1) is 0 Å². The molecule has 0 aromatic carbocycles. The predicted octanol–water partition coefficient (Wildman–Crippen LogP) is -1.13. The van der Waals surface area contributed by atoms with Gasteiger partial charge in [-0.3, -0.25) is 0 Å². The summed E-state index contributed by atoms with van der Waals surface area (Å²) >= 11 is 0. The van der Waals surface area contributed by atoms with Crippen LogP contribution in [-0.4, -0.2) is 57.6 Å². The first-order valence-corrected chi connectivity index (χ1v) is 4.88. The Kier molecular flexibility index (Phi) is 6.22. The quantitative estimate of drug-likeness (QED) is 0.438. The summed E-state index contributed by atoms with van der Waals surface area (Å²) in [5.74, 6) is 0. The molecule has 1 rings (SSSR count). The Bertz CT molecular complexity index is 147. The van der Waals surface area contributed by atoms with Crippen LogP contribution >= 0.6 is 0 Å². The van der Waals surface area contributed by atoms with E-state index in [4.69, 9.17) is 9.84 Å². The van der Waals surface area contributed by atoms with Crippen molar-refractivity contribution in [2.75, 3.05) is 6.61 Å². The Morgan fingerprint density at radius 2 is 1.50 bits per heavy atom. The lowest BCUT2D eigenvalue weighted by Crippen LogP contribution is -2.57. The lowest BCUT2D eigenvalue weighted by atomic mass is 9.96. The molecule has 0 aromatic rings. The Hall–Kier alpha value is -0.200. The zero-order valence-electron chi connectivity index (χ0n) is 8.79. The second kappa shape index (κ2) is 6.31. The minimum atomic E-state index is -1.24. The van der Waals surface area contributed by atoms with E-state index in [2.05, 4.69) is 0 Å². The van der Waals surface area contributed by atoms with Crippen LogP contribution in [0.4, 0.5) is 0 Å². The zero-order chi connectivity index (χ0) is 11.3. The molecule has 1 saturated heterocycles. The van der Waals surface area contributed by atoms with Crippen molar-refractivity contribution in [2.45, 2.75) is 51.3 Å². The summed E-state index contributed by atoms with van der Waals surface area (Å²) < 4.78 is 5.02. The molecule has 0 spiro atoms. The number of aliphatic hydroxyl groups excluding tert-OH is 4. The summed E-state index contributed by atoms with van der Waals surface area (Å²) in [7, 11) is 0. The van der Waals surface area contributed by atoms with Crippen LogP contribution in [0.2, 0.25) is 0 Å². The lowest BCUT2D eigenvalue weighted by molar-refractivity contribution is -0.224. The maximum absolute atomic E-state index is 9.23. The minimum Gasteiger partial charge on any atom is -0.394 e. The molecule has 0 radical (unpaired) electrons. The molecule has 5 nitrogen and oxygen atoms in total. The second-order valence-electron chi connectivity index (χ2n) is 3.03. The summed E-state index contributed by atoms with van der Waals surface area (Å²) in [6, 6.07) is 0. The van der Waals surface area contributed by atoms with E-state index in [1.165, 1.54) is 0 Å². The highest BCUT2D eigenvalue weighted by Crippen LogP contribution is 2.20. The second-order valence-corrected chi connectivity index (χ2v) is 3.03. The molecular weight excluding hydrogens is 188 g/mol. The lowest BCUT2D eigenvalue weighted by Gasteiger charge is -2.38. The number of rotatable bonds is 1. The molecule has 0 aromatic heterocycles. The Morgan fingerprint density at radius 3 is 1.93 bits per heavy atom. The van der Waals surface area contributed by atoms with Crippen molar-refractivity contribution >= 4 is 0 Å². The van der Waals surface area contributed by atoms with Gasteiger partial charge in [-0.25, -0.2) is 0 Å². The highest BCUT2D eigenvalue weighted by atomic mass is 16.5. The SMILES string of the molecule is CC.C[C@@H]1O[C@H](CO)[C@H](O)[C@@H](O)[C@H]1O. The van der Waals surface area contributed by atoms with Gasteiger partial charge < -0.3 is 25.2 Å². The van der Waals surface area contributed by atoms with E-state index < -0.39 is 30.5 Å². The normalized spacial score (nSPS) is 42.6. The van der Waals surface area contributed by atoms with Crippen LogP contribution in [0.3, 0.4) is 0 Å². The number of hydrogen-bond acceptors (Lipinski definition) is 5. The molecule has 1 fully saturated rings. The number of ether oxygens (including phenoxy) is 1. The smallest absolute Gasteiger partial charge is 0.111 e. The molecule has 5 heteroatoms. The Morgan fingerprint density at radius 1 is 1.00 bits per heavy atom. The highest BCUT2D eigenvalue weighted by molar-refractivity contribution is 4.89. The summed E-state index contributed by atoms with van der Waals surface area (Å²) in [6.45, 7) is 5.21. The van der Waals surface area contributed by atoms with Gasteiger partial charge in [0.15, 0.2) is 0 Å². The van der Waals surface area contributed by atoms with Gasteiger partial charge in [0.2, 0.25) is 0 Å². The van der Waals surface area contributed by atoms with Gasteiger partial charge in [0.1, 0.15) is 24.4 Å². The van der Waals surface area contributed by atoms with E-state index >= 15 is 0 Å². The average Bonchev–Trinajstić information content (AvgIpc) is 2.23. The van der Waals surface area contributed by atoms with Crippen molar-refractivity contribution in [3.8, 4) is 0 Å². The van der Waals surface area contributed by atoms with Crippen LogP contribution in [-0.2, 0) is 4.74 Å². The fraction of sp³-hybridized carbons (Fsp3) is 1.00. The highest BCUT2D eigenvalue weighted by Gasteiger charge is 2.41.